The molecule has 1 aromatic carbocycles. The number of nitrogen functional groups attached to an aromatic ring is 1. The van der Waals surface area contributed by atoms with Crippen molar-refractivity contribution >= 4 is 5.82 Å². The lowest BCUT2D eigenvalue weighted by molar-refractivity contribution is 0.386. The normalized spacial score (nSPS) is 10.3. The van der Waals surface area contributed by atoms with Crippen molar-refractivity contribution in [3.05, 3.63) is 47.7 Å². The van der Waals surface area contributed by atoms with Gasteiger partial charge in [0.25, 0.3) is 0 Å². The molecule has 1 aromatic heterocycles. The number of aryl methyl sites for hydroxylation is 2. The van der Waals surface area contributed by atoms with Crippen molar-refractivity contribution in [1.29, 1.82) is 0 Å². The smallest absolute Gasteiger partial charge is 0.167 e. The molecular formula is C11H12N2O. The summed E-state index contributed by atoms with van der Waals surface area (Å²) in [5.41, 5.74) is 6.74. The molecule has 0 atom stereocenters. The van der Waals surface area contributed by atoms with Crippen molar-refractivity contribution in [3.8, 4) is 0 Å². The minimum absolute atomic E-state index is 0.452. The molecule has 2 N–H and O–H groups in total. The summed E-state index contributed by atoms with van der Waals surface area (Å²) in [7, 11) is 0. The molecule has 0 aliphatic rings. The molecule has 3 nitrogen and oxygen atoms in total. The zero-order valence-electron chi connectivity index (χ0n) is 7.81. The fraction of sp³-hybridized carbons (Fsp3) is 0.182. The predicted molar refractivity (Wildman–Crippen MR) is 54.8 cm³/mol. The number of nitrogens with zero attached hydrogens (tertiary/aromatic N) is 1. The summed E-state index contributed by atoms with van der Waals surface area (Å²) < 4.78 is 5.01. The Hall–Kier alpha value is -1.77. The SMILES string of the molecule is Nc1cc(CCc2ccccc2)on1. The van der Waals surface area contributed by atoms with Crippen LogP contribution in [0.2, 0.25) is 0 Å². The molecule has 0 saturated heterocycles. The van der Waals surface area contributed by atoms with E-state index in [1.807, 2.05) is 18.2 Å². The highest BCUT2D eigenvalue weighted by Gasteiger charge is 2.00. The summed E-state index contributed by atoms with van der Waals surface area (Å²) in [5, 5.41) is 3.63. The lowest BCUT2D eigenvalue weighted by Crippen LogP contribution is -1.88. The van der Waals surface area contributed by atoms with Gasteiger partial charge < -0.3 is 10.3 Å². The lowest BCUT2D eigenvalue weighted by atomic mass is 10.1. The first-order valence-electron chi connectivity index (χ1n) is 4.59. The summed E-state index contributed by atoms with van der Waals surface area (Å²) >= 11 is 0. The molecule has 0 fully saturated rings. The Labute approximate surface area is 82.5 Å². The standard InChI is InChI=1S/C11H12N2O/c12-11-8-10(14-13-11)7-6-9-4-2-1-3-5-9/h1-5,8H,6-7H2,(H2,12,13). The number of aromatic nitrogens is 1. The van der Waals surface area contributed by atoms with Crippen LogP contribution in [0.1, 0.15) is 11.3 Å². The Morgan fingerprint density at radius 3 is 2.57 bits per heavy atom. The van der Waals surface area contributed by atoms with Crippen LogP contribution >= 0.6 is 0 Å². The minimum Gasteiger partial charge on any atom is -0.381 e. The van der Waals surface area contributed by atoms with E-state index in [1.54, 1.807) is 6.07 Å². The predicted octanol–water partition coefficient (Wildman–Crippen LogP) is 2.04. The van der Waals surface area contributed by atoms with Gasteiger partial charge in [0, 0.05) is 12.5 Å². The summed E-state index contributed by atoms with van der Waals surface area (Å²) in [4.78, 5) is 0. The van der Waals surface area contributed by atoms with Crippen LogP contribution in [-0.2, 0) is 12.8 Å². The van der Waals surface area contributed by atoms with E-state index >= 15 is 0 Å². The van der Waals surface area contributed by atoms with E-state index in [0.717, 1.165) is 18.6 Å². The van der Waals surface area contributed by atoms with Crippen LogP contribution in [0, 0.1) is 0 Å². The fourth-order valence-electron chi connectivity index (χ4n) is 1.36. The Bertz CT molecular complexity index is 395. The highest BCUT2D eigenvalue weighted by Crippen LogP contribution is 2.09. The summed E-state index contributed by atoms with van der Waals surface area (Å²) in [6.07, 6.45) is 1.80. The number of hydrogen-bond acceptors (Lipinski definition) is 3. The quantitative estimate of drug-likeness (QED) is 0.801. The molecule has 2 rings (SSSR count). The molecule has 14 heavy (non-hydrogen) atoms. The van der Waals surface area contributed by atoms with E-state index in [9.17, 15) is 0 Å². The second-order valence-electron chi connectivity index (χ2n) is 3.20. The van der Waals surface area contributed by atoms with Gasteiger partial charge in [-0.1, -0.05) is 35.5 Å². The topological polar surface area (TPSA) is 52.0 Å². The average molecular weight is 188 g/mol. The molecule has 1 heterocycles. The van der Waals surface area contributed by atoms with Gasteiger partial charge in [0.15, 0.2) is 5.82 Å². The van der Waals surface area contributed by atoms with Crippen LogP contribution < -0.4 is 5.73 Å². The van der Waals surface area contributed by atoms with E-state index < -0.39 is 0 Å². The van der Waals surface area contributed by atoms with Crippen LogP contribution in [0.5, 0.6) is 0 Å². The molecular weight excluding hydrogens is 176 g/mol. The van der Waals surface area contributed by atoms with Gasteiger partial charge in [-0.25, -0.2) is 0 Å². The Balaban J connectivity index is 1.95. The van der Waals surface area contributed by atoms with E-state index in [4.69, 9.17) is 10.3 Å². The third-order valence-electron chi connectivity index (χ3n) is 2.08. The maximum absolute atomic E-state index is 5.44. The second-order valence-corrected chi connectivity index (χ2v) is 3.20. The number of hydrogen-bond donors (Lipinski definition) is 1. The maximum atomic E-state index is 5.44. The summed E-state index contributed by atoms with van der Waals surface area (Å²) in [6, 6.07) is 12.0. The Kier molecular flexibility index (Phi) is 2.49. The minimum atomic E-state index is 0.452. The van der Waals surface area contributed by atoms with Crippen molar-refractivity contribution in [3.63, 3.8) is 0 Å². The van der Waals surface area contributed by atoms with Gasteiger partial charge in [-0.05, 0) is 12.0 Å². The fourth-order valence-corrected chi connectivity index (χ4v) is 1.36. The zero-order valence-corrected chi connectivity index (χ0v) is 7.81. The second kappa shape index (κ2) is 3.96. The highest BCUT2D eigenvalue weighted by molar-refractivity contribution is 5.27. The lowest BCUT2D eigenvalue weighted by Gasteiger charge is -1.96. The molecule has 3 heteroatoms. The zero-order chi connectivity index (χ0) is 9.80. The van der Waals surface area contributed by atoms with Gasteiger partial charge in [-0.2, -0.15) is 0 Å². The number of anilines is 1. The molecule has 2 aromatic rings. The third kappa shape index (κ3) is 2.13. The van der Waals surface area contributed by atoms with Gasteiger partial charge in [0.2, 0.25) is 0 Å². The highest BCUT2D eigenvalue weighted by atomic mass is 16.5. The molecule has 72 valence electrons. The Morgan fingerprint density at radius 2 is 1.93 bits per heavy atom. The monoisotopic (exact) mass is 188 g/mol. The van der Waals surface area contributed by atoms with Crippen LogP contribution in [0.15, 0.2) is 40.9 Å². The molecule has 0 aliphatic carbocycles. The first-order chi connectivity index (χ1) is 6.84. The van der Waals surface area contributed by atoms with Gasteiger partial charge >= 0.3 is 0 Å². The van der Waals surface area contributed by atoms with Crippen LogP contribution in [0.4, 0.5) is 5.82 Å². The van der Waals surface area contributed by atoms with Crippen molar-refractivity contribution < 1.29 is 4.52 Å². The van der Waals surface area contributed by atoms with Crippen LogP contribution in [0.3, 0.4) is 0 Å². The number of rotatable bonds is 3. The summed E-state index contributed by atoms with van der Waals surface area (Å²) in [6.45, 7) is 0. The van der Waals surface area contributed by atoms with Crippen molar-refractivity contribution in [2.24, 2.45) is 0 Å². The van der Waals surface area contributed by atoms with E-state index in [1.165, 1.54) is 5.56 Å². The van der Waals surface area contributed by atoms with E-state index in [0.29, 0.717) is 5.82 Å². The number of benzene rings is 1. The molecule has 0 aliphatic heterocycles. The van der Waals surface area contributed by atoms with E-state index in [-0.39, 0.29) is 0 Å². The summed E-state index contributed by atoms with van der Waals surface area (Å²) in [5.74, 6) is 1.29. The van der Waals surface area contributed by atoms with Crippen molar-refractivity contribution in [2.45, 2.75) is 12.8 Å². The molecule has 0 unspecified atom stereocenters. The van der Waals surface area contributed by atoms with Crippen LogP contribution in [0.25, 0.3) is 0 Å². The first kappa shape index (κ1) is 8.81. The van der Waals surface area contributed by atoms with Gasteiger partial charge in [-0.15, -0.1) is 0 Å². The first-order valence-corrected chi connectivity index (χ1v) is 4.59. The molecule has 0 amide bonds. The molecule has 0 saturated carbocycles. The maximum Gasteiger partial charge on any atom is 0.167 e. The average Bonchev–Trinajstić information content (AvgIpc) is 2.63. The molecule has 0 spiro atoms. The van der Waals surface area contributed by atoms with Gasteiger partial charge in [-0.3, -0.25) is 0 Å². The molecule has 0 bridgehead atoms. The van der Waals surface area contributed by atoms with Gasteiger partial charge in [0.1, 0.15) is 5.76 Å². The largest absolute Gasteiger partial charge is 0.381 e. The van der Waals surface area contributed by atoms with E-state index in [2.05, 4.69) is 17.3 Å². The number of nitrogens with two attached hydrogens (primary N) is 1. The Morgan fingerprint density at radius 1 is 1.14 bits per heavy atom. The van der Waals surface area contributed by atoms with Gasteiger partial charge in [0.05, 0.1) is 0 Å². The van der Waals surface area contributed by atoms with Crippen molar-refractivity contribution in [2.75, 3.05) is 5.73 Å². The van der Waals surface area contributed by atoms with Crippen molar-refractivity contribution in [1.82, 2.24) is 5.16 Å². The third-order valence-corrected chi connectivity index (χ3v) is 2.08. The molecule has 0 radical (unpaired) electrons. The van der Waals surface area contributed by atoms with Crippen LogP contribution in [-0.4, -0.2) is 5.16 Å².